The number of fused-ring (bicyclic) bond motifs is 1. The SMILES string of the molecule is COC(=O)c1ccc(Cn2nc(C(C)C)c3cnn(-c4ccccc4C)c3c2=O)cc1. The Morgan fingerprint density at radius 2 is 1.81 bits per heavy atom. The second-order valence-electron chi connectivity index (χ2n) is 7.80. The van der Waals surface area contributed by atoms with E-state index in [4.69, 9.17) is 4.74 Å². The van der Waals surface area contributed by atoms with Crippen LogP contribution in [0.5, 0.6) is 0 Å². The van der Waals surface area contributed by atoms with E-state index in [2.05, 4.69) is 10.2 Å². The Balaban J connectivity index is 1.85. The maximum atomic E-state index is 13.5. The molecular weight excluding hydrogens is 392 g/mol. The number of aryl methyl sites for hydroxylation is 1. The van der Waals surface area contributed by atoms with Crippen molar-refractivity contribution in [3.63, 3.8) is 0 Å². The number of ether oxygens (including phenoxy) is 1. The zero-order chi connectivity index (χ0) is 22.1. The fourth-order valence-corrected chi connectivity index (χ4v) is 3.65. The van der Waals surface area contributed by atoms with Crippen molar-refractivity contribution in [1.29, 1.82) is 0 Å². The number of hydrogen-bond donors (Lipinski definition) is 0. The van der Waals surface area contributed by atoms with Crippen LogP contribution in [0.25, 0.3) is 16.6 Å². The van der Waals surface area contributed by atoms with Crippen LogP contribution in [0.3, 0.4) is 0 Å². The molecule has 2 aromatic heterocycles. The third-order valence-electron chi connectivity index (χ3n) is 5.31. The topological polar surface area (TPSA) is 79.0 Å². The number of rotatable bonds is 5. The molecule has 0 aliphatic carbocycles. The fraction of sp³-hybridized carbons (Fsp3) is 0.250. The van der Waals surface area contributed by atoms with Gasteiger partial charge in [-0.05, 0) is 42.2 Å². The quantitative estimate of drug-likeness (QED) is 0.462. The molecule has 0 bridgehead atoms. The van der Waals surface area contributed by atoms with Gasteiger partial charge in [0.15, 0.2) is 0 Å². The summed E-state index contributed by atoms with van der Waals surface area (Å²) in [6, 6.07) is 14.8. The van der Waals surface area contributed by atoms with Crippen molar-refractivity contribution >= 4 is 16.9 Å². The van der Waals surface area contributed by atoms with Gasteiger partial charge in [0.1, 0.15) is 5.52 Å². The summed E-state index contributed by atoms with van der Waals surface area (Å²) in [5.41, 5.74) is 4.34. The smallest absolute Gasteiger partial charge is 0.337 e. The number of nitrogens with zero attached hydrogens (tertiary/aromatic N) is 4. The molecule has 0 saturated heterocycles. The highest BCUT2D eigenvalue weighted by Gasteiger charge is 2.19. The van der Waals surface area contributed by atoms with Gasteiger partial charge in [-0.3, -0.25) is 4.79 Å². The van der Waals surface area contributed by atoms with Crippen molar-refractivity contribution in [3.05, 3.63) is 87.5 Å². The van der Waals surface area contributed by atoms with Crippen LogP contribution in [0.2, 0.25) is 0 Å². The zero-order valence-corrected chi connectivity index (χ0v) is 18.0. The maximum absolute atomic E-state index is 13.5. The first-order valence-corrected chi connectivity index (χ1v) is 10.1. The Labute approximate surface area is 179 Å². The third kappa shape index (κ3) is 3.74. The average Bonchev–Trinajstić information content (AvgIpc) is 3.21. The molecule has 0 fully saturated rings. The maximum Gasteiger partial charge on any atom is 0.337 e. The summed E-state index contributed by atoms with van der Waals surface area (Å²) < 4.78 is 7.92. The number of carbonyl (C=O) groups is 1. The molecule has 0 N–H and O–H groups in total. The molecule has 2 aromatic carbocycles. The molecule has 158 valence electrons. The van der Waals surface area contributed by atoms with E-state index in [0.717, 1.165) is 27.9 Å². The first-order valence-electron chi connectivity index (χ1n) is 10.1. The number of para-hydroxylation sites is 1. The lowest BCUT2D eigenvalue weighted by molar-refractivity contribution is 0.0600. The Kier molecular flexibility index (Phi) is 5.42. The summed E-state index contributed by atoms with van der Waals surface area (Å²) in [4.78, 5) is 25.1. The van der Waals surface area contributed by atoms with Gasteiger partial charge < -0.3 is 4.74 Å². The lowest BCUT2D eigenvalue weighted by Crippen LogP contribution is -2.27. The molecule has 4 aromatic rings. The van der Waals surface area contributed by atoms with Gasteiger partial charge in [0.25, 0.3) is 5.56 Å². The third-order valence-corrected chi connectivity index (χ3v) is 5.31. The standard InChI is InChI=1S/C24H24N4O3/c1-15(2)21-19-13-25-28(20-8-6-5-7-16(20)3)22(19)23(29)27(26-21)14-17-9-11-18(12-10-17)24(30)31-4/h5-13,15H,14H2,1-4H3. The van der Waals surface area contributed by atoms with Gasteiger partial charge in [-0.1, -0.05) is 44.2 Å². The van der Waals surface area contributed by atoms with Gasteiger partial charge in [-0.25, -0.2) is 14.2 Å². The van der Waals surface area contributed by atoms with E-state index in [1.54, 1.807) is 35.1 Å². The molecule has 7 heteroatoms. The second-order valence-corrected chi connectivity index (χ2v) is 7.80. The van der Waals surface area contributed by atoms with Crippen molar-refractivity contribution in [3.8, 4) is 5.69 Å². The minimum atomic E-state index is -0.396. The monoisotopic (exact) mass is 416 g/mol. The second kappa shape index (κ2) is 8.18. The van der Waals surface area contributed by atoms with Crippen LogP contribution >= 0.6 is 0 Å². The van der Waals surface area contributed by atoms with Crippen LogP contribution in [-0.4, -0.2) is 32.6 Å². The van der Waals surface area contributed by atoms with Crippen LogP contribution in [-0.2, 0) is 11.3 Å². The number of hydrogen-bond acceptors (Lipinski definition) is 5. The number of methoxy groups -OCH3 is 1. The number of carbonyl (C=O) groups excluding carboxylic acids is 1. The largest absolute Gasteiger partial charge is 0.465 e. The summed E-state index contributed by atoms with van der Waals surface area (Å²) in [5.74, 6) is -0.280. The van der Waals surface area contributed by atoms with Gasteiger partial charge in [0, 0.05) is 5.39 Å². The minimum Gasteiger partial charge on any atom is -0.465 e. The Morgan fingerprint density at radius 1 is 1.10 bits per heavy atom. The fourth-order valence-electron chi connectivity index (χ4n) is 3.65. The molecule has 2 heterocycles. The van der Waals surface area contributed by atoms with E-state index in [9.17, 15) is 9.59 Å². The molecule has 0 spiro atoms. The van der Waals surface area contributed by atoms with Crippen LogP contribution < -0.4 is 5.56 Å². The van der Waals surface area contributed by atoms with Gasteiger partial charge in [0.05, 0.1) is 36.8 Å². The van der Waals surface area contributed by atoms with Gasteiger partial charge in [0.2, 0.25) is 0 Å². The molecule has 0 aliphatic rings. The Hall–Kier alpha value is -3.74. The number of esters is 1. The Bertz CT molecular complexity index is 1320. The molecule has 0 aliphatic heterocycles. The summed E-state index contributed by atoms with van der Waals surface area (Å²) >= 11 is 0. The molecular formula is C24H24N4O3. The molecule has 0 radical (unpaired) electrons. The van der Waals surface area contributed by atoms with Crippen molar-refractivity contribution < 1.29 is 9.53 Å². The lowest BCUT2D eigenvalue weighted by Gasteiger charge is -2.13. The predicted octanol–water partition coefficient (Wildman–Crippen LogP) is 3.85. The molecule has 0 saturated carbocycles. The predicted molar refractivity (Wildman–Crippen MR) is 119 cm³/mol. The van der Waals surface area contributed by atoms with Crippen LogP contribution in [0, 0.1) is 6.92 Å². The normalized spacial score (nSPS) is 11.3. The van der Waals surface area contributed by atoms with Crippen molar-refractivity contribution in [2.24, 2.45) is 0 Å². The van der Waals surface area contributed by atoms with E-state index in [1.807, 2.05) is 45.0 Å². The highest BCUT2D eigenvalue weighted by molar-refractivity contribution is 5.89. The van der Waals surface area contributed by atoms with E-state index < -0.39 is 5.97 Å². The molecule has 0 amide bonds. The molecule has 31 heavy (non-hydrogen) atoms. The summed E-state index contributed by atoms with van der Waals surface area (Å²) in [6.07, 6.45) is 1.72. The van der Waals surface area contributed by atoms with Gasteiger partial charge in [-0.2, -0.15) is 10.2 Å². The van der Waals surface area contributed by atoms with E-state index in [1.165, 1.54) is 11.8 Å². The Morgan fingerprint density at radius 3 is 2.45 bits per heavy atom. The lowest BCUT2D eigenvalue weighted by atomic mass is 10.1. The molecule has 0 atom stereocenters. The zero-order valence-electron chi connectivity index (χ0n) is 18.0. The van der Waals surface area contributed by atoms with E-state index >= 15 is 0 Å². The summed E-state index contributed by atoms with van der Waals surface area (Å²) in [6.45, 7) is 6.38. The highest BCUT2D eigenvalue weighted by atomic mass is 16.5. The van der Waals surface area contributed by atoms with Crippen LogP contribution in [0.4, 0.5) is 0 Å². The minimum absolute atomic E-state index is 0.116. The van der Waals surface area contributed by atoms with E-state index in [-0.39, 0.29) is 18.0 Å². The summed E-state index contributed by atoms with van der Waals surface area (Å²) in [7, 11) is 1.35. The van der Waals surface area contributed by atoms with Crippen LogP contribution in [0.1, 0.15) is 46.9 Å². The number of aromatic nitrogens is 4. The van der Waals surface area contributed by atoms with E-state index in [0.29, 0.717) is 11.1 Å². The molecule has 0 unspecified atom stereocenters. The van der Waals surface area contributed by atoms with Crippen LogP contribution in [0.15, 0.2) is 59.5 Å². The van der Waals surface area contributed by atoms with Gasteiger partial charge >= 0.3 is 5.97 Å². The molecule has 7 nitrogen and oxygen atoms in total. The molecule has 4 rings (SSSR count). The average molecular weight is 416 g/mol. The van der Waals surface area contributed by atoms with Crippen molar-refractivity contribution in [1.82, 2.24) is 19.6 Å². The van der Waals surface area contributed by atoms with Crippen molar-refractivity contribution in [2.45, 2.75) is 33.2 Å². The van der Waals surface area contributed by atoms with Gasteiger partial charge in [-0.15, -0.1) is 0 Å². The highest BCUT2D eigenvalue weighted by Crippen LogP contribution is 2.24. The first-order chi connectivity index (χ1) is 14.9. The number of benzene rings is 2. The first kappa shape index (κ1) is 20.5. The van der Waals surface area contributed by atoms with Crippen molar-refractivity contribution in [2.75, 3.05) is 7.11 Å². The summed E-state index contributed by atoms with van der Waals surface area (Å²) in [5, 5.41) is 9.95.